The molecule has 1 heterocycles. The highest BCUT2D eigenvalue weighted by atomic mass is 16.2. The lowest BCUT2D eigenvalue weighted by atomic mass is 9.83. The molecule has 1 saturated carbocycles. The smallest absolute Gasteiger partial charge is 0.235 e. The highest BCUT2D eigenvalue weighted by molar-refractivity contribution is 5.79. The van der Waals surface area contributed by atoms with Gasteiger partial charge in [0.1, 0.15) is 5.54 Å². The van der Waals surface area contributed by atoms with Crippen LogP contribution < -0.4 is 10.6 Å². The minimum Gasteiger partial charge on any atom is -0.337 e. The fourth-order valence-corrected chi connectivity index (χ4v) is 3.09. The van der Waals surface area contributed by atoms with E-state index < -0.39 is 5.54 Å². The average Bonchev–Trinajstić information content (AvgIpc) is 2.39. The summed E-state index contributed by atoms with van der Waals surface area (Å²) in [6.45, 7) is 5.26. The third kappa shape index (κ3) is 3.92. The molecule has 0 aromatic rings. The molecule has 0 radical (unpaired) electrons. The molecule has 1 amide bonds. The van der Waals surface area contributed by atoms with E-state index in [-0.39, 0.29) is 5.91 Å². The van der Waals surface area contributed by atoms with Crippen LogP contribution in [0, 0.1) is 11.3 Å². The summed E-state index contributed by atoms with van der Waals surface area (Å²) in [4.78, 5) is 14.3. The molecule has 1 aliphatic heterocycles. The summed E-state index contributed by atoms with van der Waals surface area (Å²) in [6.07, 6.45) is 4.85. The first-order chi connectivity index (χ1) is 9.13. The highest BCUT2D eigenvalue weighted by Gasteiger charge is 2.34. The second kappa shape index (κ2) is 6.36. The van der Waals surface area contributed by atoms with Gasteiger partial charge in [0.05, 0.1) is 12.6 Å². The number of nitrogens with zero attached hydrogens (tertiary/aromatic N) is 2. The van der Waals surface area contributed by atoms with E-state index >= 15 is 0 Å². The number of hydrogen-bond acceptors (Lipinski definition) is 4. The van der Waals surface area contributed by atoms with Crippen molar-refractivity contribution < 1.29 is 4.79 Å². The van der Waals surface area contributed by atoms with Gasteiger partial charge in [-0.3, -0.25) is 9.69 Å². The van der Waals surface area contributed by atoms with Crippen LogP contribution >= 0.6 is 0 Å². The maximum atomic E-state index is 12.1. The van der Waals surface area contributed by atoms with Gasteiger partial charge in [-0.15, -0.1) is 0 Å². The molecule has 2 rings (SSSR count). The summed E-state index contributed by atoms with van der Waals surface area (Å²) in [5, 5.41) is 15.7. The second-order valence-electron chi connectivity index (χ2n) is 5.89. The molecule has 0 aromatic heterocycles. The second-order valence-corrected chi connectivity index (χ2v) is 5.89. The number of hydrogen-bond donors (Lipinski definition) is 2. The third-order valence-electron chi connectivity index (χ3n) is 4.12. The Morgan fingerprint density at radius 2 is 2.21 bits per heavy atom. The minimum absolute atomic E-state index is 0.00227. The molecule has 2 aliphatic rings. The van der Waals surface area contributed by atoms with E-state index in [9.17, 15) is 10.1 Å². The van der Waals surface area contributed by atoms with Crippen LogP contribution in [0.5, 0.6) is 0 Å². The molecular weight excluding hydrogens is 240 g/mol. The van der Waals surface area contributed by atoms with Gasteiger partial charge >= 0.3 is 0 Å². The number of nitriles is 1. The van der Waals surface area contributed by atoms with E-state index in [4.69, 9.17) is 0 Å². The number of carbonyl (C=O) groups is 1. The quantitative estimate of drug-likeness (QED) is 0.784. The summed E-state index contributed by atoms with van der Waals surface area (Å²) >= 11 is 0. The molecule has 5 nitrogen and oxygen atoms in total. The van der Waals surface area contributed by atoms with Gasteiger partial charge in [-0.2, -0.15) is 5.26 Å². The van der Waals surface area contributed by atoms with Crippen molar-refractivity contribution in [3.05, 3.63) is 0 Å². The third-order valence-corrected chi connectivity index (χ3v) is 4.12. The van der Waals surface area contributed by atoms with E-state index in [0.717, 1.165) is 45.3 Å². The summed E-state index contributed by atoms with van der Waals surface area (Å²) < 4.78 is 0. The summed E-state index contributed by atoms with van der Waals surface area (Å²) in [5.74, 6) is -0.00227. The topological polar surface area (TPSA) is 68.2 Å². The monoisotopic (exact) mass is 264 g/mol. The van der Waals surface area contributed by atoms with E-state index in [2.05, 4.69) is 28.5 Å². The molecule has 106 valence electrons. The SMILES string of the molecule is C[C@H]1CN(CC(=O)NC2(C#N)CCCCC2)CCN1. The lowest BCUT2D eigenvalue weighted by molar-refractivity contribution is -0.124. The molecule has 1 aliphatic carbocycles. The Balaban J connectivity index is 1.84. The molecule has 2 N–H and O–H groups in total. The molecule has 1 atom stereocenters. The standard InChI is InChI=1S/C14H24N4O/c1-12-9-18(8-7-16-12)10-13(19)17-14(11-15)5-3-2-4-6-14/h12,16H,2-10H2,1H3,(H,17,19)/t12-/m0/s1. The lowest BCUT2D eigenvalue weighted by Gasteiger charge is -2.34. The molecule has 0 aromatic carbocycles. The van der Waals surface area contributed by atoms with Crippen molar-refractivity contribution in [3.63, 3.8) is 0 Å². The van der Waals surface area contributed by atoms with E-state index in [1.54, 1.807) is 0 Å². The first kappa shape index (κ1) is 14.3. The molecule has 0 unspecified atom stereocenters. The van der Waals surface area contributed by atoms with Gasteiger partial charge in [0, 0.05) is 25.7 Å². The zero-order valence-corrected chi connectivity index (χ0v) is 11.7. The number of rotatable bonds is 3. The van der Waals surface area contributed by atoms with E-state index in [0.29, 0.717) is 12.6 Å². The fourth-order valence-electron chi connectivity index (χ4n) is 3.09. The Bertz CT molecular complexity index is 357. The Morgan fingerprint density at radius 3 is 2.84 bits per heavy atom. The molecule has 1 saturated heterocycles. The summed E-state index contributed by atoms with van der Waals surface area (Å²) in [7, 11) is 0. The Kier molecular flexibility index (Phi) is 4.78. The van der Waals surface area contributed by atoms with Crippen LogP contribution in [0.1, 0.15) is 39.0 Å². The zero-order valence-electron chi connectivity index (χ0n) is 11.7. The van der Waals surface area contributed by atoms with Gasteiger partial charge in [-0.25, -0.2) is 0 Å². The molecule has 0 bridgehead atoms. The number of amides is 1. The first-order valence-electron chi connectivity index (χ1n) is 7.31. The molecule has 2 fully saturated rings. The van der Waals surface area contributed by atoms with Gasteiger partial charge in [0.2, 0.25) is 5.91 Å². The number of nitrogens with one attached hydrogen (secondary N) is 2. The van der Waals surface area contributed by atoms with Crippen molar-refractivity contribution in [2.24, 2.45) is 0 Å². The predicted molar refractivity (Wildman–Crippen MR) is 73.5 cm³/mol. The van der Waals surface area contributed by atoms with Crippen LogP contribution in [0.25, 0.3) is 0 Å². The molecular formula is C14H24N4O. The van der Waals surface area contributed by atoms with Crippen molar-refractivity contribution in [1.82, 2.24) is 15.5 Å². The highest BCUT2D eigenvalue weighted by Crippen LogP contribution is 2.27. The van der Waals surface area contributed by atoms with Crippen molar-refractivity contribution >= 4 is 5.91 Å². The predicted octanol–water partition coefficient (Wildman–Crippen LogP) is 0.623. The summed E-state index contributed by atoms with van der Waals surface area (Å²) in [6, 6.07) is 2.76. The van der Waals surface area contributed by atoms with Crippen LogP contribution in [0.4, 0.5) is 0 Å². The van der Waals surface area contributed by atoms with Gasteiger partial charge in [-0.05, 0) is 19.8 Å². The molecule has 5 heteroatoms. The van der Waals surface area contributed by atoms with Crippen molar-refractivity contribution in [1.29, 1.82) is 5.26 Å². The maximum absolute atomic E-state index is 12.1. The van der Waals surface area contributed by atoms with Crippen LogP contribution in [0.15, 0.2) is 0 Å². The lowest BCUT2D eigenvalue weighted by Crippen LogP contribution is -2.55. The van der Waals surface area contributed by atoms with Crippen LogP contribution in [-0.4, -0.2) is 48.6 Å². The van der Waals surface area contributed by atoms with E-state index in [1.165, 1.54) is 6.42 Å². The maximum Gasteiger partial charge on any atom is 0.235 e. The Morgan fingerprint density at radius 1 is 1.47 bits per heavy atom. The van der Waals surface area contributed by atoms with Gasteiger partial charge < -0.3 is 10.6 Å². The van der Waals surface area contributed by atoms with Gasteiger partial charge in [0.25, 0.3) is 0 Å². The van der Waals surface area contributed by atoms with Crippen LogP contribution in [0.3, 0.4) is 0 Å². The minimum atomic E-state index is -0.602. The van der Waals surface area contributed by atoms with E-state index in [1.807, 2.05) is 0 Å². The average molecular weight is 264 g/mol. The van der Waals surface area contributed by atoms with Crippen LogP contribution in [-0.2, 0) is 4.79 Å². The Labute approximate surface area is 115 Å². The molecule has 0 spiro atoms. The Hall–Kier alpha value is -1.12. The van der Waals surface area contributed by atoms with Crippen molar-refractivity contribution in [2.75, 3.05) is 26.2 Å². The first-order valence-corrected chi connectivity index (χ1v) is 7.31. The largest absolute Gasteiger partial charge is 0.337 e. The zero-order chi connectivity index (χ0) is 13.7. The fraction of sp³-hybridized carbons (Fsp3) is 0.857. The summed E-state index contributed by atoms with van der Waals surface area (Å²) in [5.41, 5.74) is -0.602. The van der Waals surface area contributed by atoms with Crippen LogP contribution in [0.2, 0.25) is 0 Å². The number of carbonyl (C=O) groups excluding carboxylic acids is 1. The number of piperazine rings is 1. The van der Waals surface area contributed by atoms with Crippen molar-refractivity contribution in [2.45, 2.75) is 50.6 Å². The molecule has 19 heavy (non-hydrogen) atoms. The van der Waals surface area contributed by atoms with Gasteiger partial charge in [0.15, 0.2) is 0 Å². The van der Waals surface area contributed by atoms with Gasteiger partial charge in [-0.1, -0.05) is 19.3 Å². The van der Waals surface area contributed by atoms with Crippen molar-refractivity contribution in [3.8, 4) is 6.07 Å². The normalized spacial score (nSPS) is 27.5.